The van der Waals surface area contributed by atoms with E-state index in [-0.39, 0.29) is 10.8 Å². The standard InChI is InChI=1S/C50H38N2O/c1-49(2)40-17-9-6-14-34(40)36-23-21-31(27-42(36)49)52(32-22-24-37-35-15-7-10-18-41(35)50(3,4)43(37)28-32)33-26-39(45-25-30-13-5-11-19-44(30)51-45)48-38-16-8-12-20-46(38)53-47(48)29-33/h5-24,26-29H,25H2,1-4H3. The third kappa shape index (κ3) is 4.25. The van der Waals surface area contributed by atoms with Crippen LogP contribution in [0.15, 0.2) is 155 Å². The van der Waals surface area contributed by atoms with Crippen LogP contribution in [0.25, 0.3) is 44.2 Å². The van der Waals surface area contributed by atoms with Gasteiger partial charge in [-0.05, 0) is 92.5 Å². The van der Waals surface area contributed by atoms with Gasteiger partial charge in [-0.15, -0.1) is 0 Å². The second-order valence-corrected chi connectivity index (χ2v) is 16.0. The number of anilines is 3. The molecule has 0 atom stereocenters. The summed E-state index contributed by atoms with van der Waals surface area (Å²) in [7, 11) is 0. The van der Waals surface area contributed by atoms with E-state index in [9.17, 15) is 0 Å². The Morgan fingerprint density at radius 3 is 1.72 bits per heavy atom. The van der Waals surface area contributed by atoms with Crippen LogP contribution in [0.3, 0.4) is 0 Å². The maximum absolute atomic E-state index is 6.71. The predicted octanol–water partition coefficient (Wildman–Crippen LogP) is 13.3. The highest BCUT2D eigenvalue weighted by Crippen LogP contribution is 2.53. The van der Waals surface area contributed by atoms with Crippen molar-refractivity contribution >= 4 is 50.4 Å². The van der Waals surface area contributed by atoms with Crippen molar-refractivity contribution in [1.29, 1.82) is 0 Å². The maximum atomic E-state index is 6.71. The number of aliphatic imine (C=N–C) groups is 1. The minimum atomic E-state index is -0.132. The average molecular weight is 683 g/mol. The lowest BCUT2D eigenvalue weighted by atomic mass is 9.82. The zero-order valence-electron chi connectivity index (χ0n) is 30.4. The topological polar surface area (TPSA) is 28.7 Å². The monoisotopic (exact) mass is 682 g/mol. The van der Waals surface area contributed by atoms with Crippen molar-refractivity contribution in [2.45, 2.75) is 44.9 Å². The first-order chi connectivity index (χ1) is 25.8. The van der Waals surface area contributed by atoms with Crippen molar-refractivity contribution in [3.63, 3.8) is 0 Å². The molecule has 0 unspecified atom stereocenters. The highest BCUT2D eigenvalue weighted by molar-refractivity contribution is 6.21. The molecule has 0 saturated heterocycles. The number of rotatable bonds is 4. The first kappa shape index (κ1) is 30.4. The highest BCUT2D eigenvalue weighted by atomic mass is 16.3. The van der Waals surface area contributed by atoms with Crippen LogP contribution in [0.1, 0.15) is 61.1 Å². The molecule has 3 heteroatoms. The minimum absolute atomic E-state index is 0.132. The van der Waals surface area contributed by atoms with Crippen molar-refractivity contribution < 1.29 is 4.42 Å². The molecule has 3 nitrogen and oxygen atoms in total. The van der Waals surface area contributed by atoms with Crippen molar-refractivity contribution in [3.05, 3.63) is 179 Å². The molecule has 8 aromatic rings. The zero-order valence-corrected chi connectivity index (χ0v) is 30.4. The first-order valence-electron chi connectivity index (χ1n) is 18.7. The number of para-hydroxylation sites is 2. The van der Waals surface area contributed by atoms with Crippen LogP contribution in [0, 0.1) is 0 Å². The maximum Gasteiger partial charge on any atom is 0.138 e. The Balaban J connectivity index is 1.17. The van der Waals surface area contributed by atoms with E-state index in [1.165, 1.54) is 50.1 Å². The Kier molecular flexibility index (Phi) is 6.13. The molecular formula is C50H38N2O. The highest BCUT2D eigenvalue weighted by Gasteiger charge is 2.38. The normalized spacial score (nSPS) is 15.5. The molecule has 7 aromatic carbocycles. The molecule has 0 spiro atoms. The van der Waals surface area contributed by atoms with Gasteiger partial charge >= 0.3 is 0 Å². The van der Waals surface area contributed by atoms with Crippen LogP contribution in [-0.4, -0.2) is 5.71 Å². The second kappa shape index (κ2) is 10.7. The van der Waals surface area contributed by atoms with Gasteiger partial charge in [-0.25, -0.2) is 0 Å². The van der Waals surface area contributed by atoms with Crippen molar-refractivity contribution in [3.8, 4) is 22.3 Å². The first-order valence-corrected chi connectivity index (χ1v) is 18.7. The number of benzene rings is 7. The van der Waals surface area contributed by atoms with Crippen molar-refractivity contribution in [1.82, 2.24) is 0 Å². The van der Waals surface area contributed by atoms with Crippen LogP contribution in [-0.2, 0) is 17.3 Å². The molecule has 0 amide bonds. The van der Waals surface area contributed by atoms with E-state index < -0.39 is 0 Å². The Labute approximate surface area is 309 Å². The minimum Gasteiger partial charge on any atom is -0.456 e. The summed E-state index contributed by atoms with van der Waals surface area (Å²) in [4.78, 5) is 7.68. The van der Waals surface area contributed by atoms with E-state index in [0.717, 1.165) is 62.4 Å². The fraction of sp³-hybridized carbons (Fsp3) is 0.140. The summed E-state index contributed by atoms with van der Waals surface area (Å²) < 4.78 is 6.71. The van der Waals surface area contributed by atoms with Gasteiger partial charge in [0.15, 0.2) is 0 Å². The Bertz CT molecular complexity index is 2780. The molecule has 1 aliphatic heterocycles. The SMILES string of the molecule is CC1(C)c2ccccc2-c2ccc(N(c3ccc4c(c3)C(C)(C)c3ccccc3-4)c3cc(C4=Nc5ccccc5C4)c4c(c3)oc3ccccc34)cc21. The van der Waals surface area contributed by atoms with Gasteiger partial charge < -0.3 is 9.32 Å². The average Bonchev–Trinajstić information content (AvgIpc) is 3.90. The zero-order chi connectivity index (χ0) is 35.6. The Morgan fingerprint density at radius 1 is 0.491 bits per heavy atom. The van der Waals surface area contributed by atoms with E-state index in [0.29, 0.717) is 0 Å². The fourth-order valence-electron chi connectivity index (χ4n) is 9.60. The largest absolute Gasteiger partial charge is 0.456 e. The van der Waals surface area contributed by atoms with Crippen molar-refractivity contribution in [2.75, 3.05) is 4.90 Å². The Hall–Kier alpha value is -6.19. The molecule has 3 aliphatic rings. The summed E-state index contributed by atoms with van der Waals surface area (Å²) in [5.74, 6) is 0. The summed E-state index contributed by atoms with van der Waals surface area (Å²) in [6.45, 7) is 9.43. The van der Waals surface area contributed by atoms with Gasteiger partial charge in [0.2, 0.25) is 0 Å². The van der Waals surface area contributed by atoms with Gasteiger partial charge in [-0.3, -0.25) is 4.99 Å². The molecule has 11 rings (SSSR count). The smallest absolute Gasteiger partial charge is 0.138 e. The summed E-state index contributed by atoms with van der Waals surface area (Å²) >= 11 is 0. The molecule has 254 valence electrons. The fourth-order valence-corrected chi connectivity index (χ4v) is 9.60. The van der Waals surface area contributed by atoms with Gasteiger partial charge in [-0.1, -0.05) is 125 Å². The molecule has 53 heavy (non-hydrogen) atoms. The van der Waals surface area contributed by atoms with E-state index >= 15 is 0 Å². The molecule has 0 saturated carbocycles. The number of furan rings is 1. The summed E-state index contributed by atoms with van der Waals surface area (Å²) in [5.41, 5.74) is 20.0. The van der Waals surface area contributed by atoms with Crippen molar-refractivity contribution in [2.24, 2.45) is 4.99 Å². The molecule has 0 N–H and O–H groups in total. The lowest BCUT2D eigenvalue weighted by Crippen LogP contribution is -2.18. The molecule has 2 aliphatic carbocycles. The molecule has 1 aromatic heterocycles. The van der Waals surface area contributed by atoms with Gasteiger partial charge in [0.05, 0.1) is 17.1 Å². The number of nitrogens with zero attached hydrogens (tertiary/aromatic N) is 2. The predicted molar refractivity (Wildman–Crippen MR) is 220 cm³/mol. The lowest BCUT2D eigenvalue weighted by molar-refractivity contribution is 0.660. The van der Waals surface area contributed by atoms with E-state index in [1.807, 2.05) is 0 Å². The summed E-state index contributed by atoms with van der Waals surface area (Å²) in [6.07, 6.45) is 0.783. The van der Waals surface area contributed by atoms with Crippen LogP contribution in [0.4, 0.5) is 22.7 Å². The number of hydrogen-bond donors (Lipinski definition) is 0. The number of hydrogen-bond acceptors (Lipinski definition) is 3. The van der Waals surface area contributed by atoms with E-state index in [4.69, 9.17) is 9.41 Å². The second-order valence-electron chi connectivity index (χ2n) is 16.0. The van der Waals surface area contributed by atoms with Gasteiger partial charge in [0, 0.05) is 51.0 Å². The lowest BCUT2D eigenvalue weighted by Gasteiger charge is -2.30. The quantitative estimate of drug-likeness (QED) is 0.185. The third-order valence-corrected chi connectivity index (χ3v) is 12.3. The molecular weight excluding hydrogens is 645 g/mol. The van der Waals surface area contributed by atoms with Gasteiger partial charge in [0.1, 0.15) is 11.2 Å². The summed E-state index contributed by atoms with van der Waals surface area (Å²) in [5, 5.41) is 2.23. The third-order valence-electron chi connectivity index (χ3n) is 12.3. The van der Waals surface area contributed by atoms with Gasteiger partial charge in [-0.2, -0.15) is 0 Å². The van der Waals surface area contributed by atoms with Crippen LogP contribution in [0.5, 0.6) is 0 Å². The van der Waals surface area contributed by atoms with Gasteiger partial charge in [0.25, 0.3) is 0 Å². The van der Waals surface area contributed by atoms with Crippen LogP contribution < -0.4 is 4.90 Å². The van der Waals surface area contributed by atoms with E-state index in [2.05, 4.69) is 178 Å². The molecule has 0 bridgehead atoms. The van der Waals surface area contributed by atoms with Crippen LogP contribution in [0.2, 0.25) is 0 Å². The number of fused-ring (bicyclic) bond motifs is 10. The Morgan fingerprint density at radius 2 is 1.06 bits per heavy atom. The summed E-state index contributed by atoms with van der Waals surface area (Å²) in [6, 6.07) is 53.4. The molecule has 2 heterocycles. The van der Waals surface area contributed by atoms with E-state index in [1.54, 1.807) is 0 Å². The van der Waals surface area contributed by atoms with Crippen LogP contribution >= 0.6 is 0 Å². The molecule has 0 fully saturated rings. The molecule has 0 radical (unpaired) electrons.